The maximum Gasteiger partial charge on any atom is 0.448 e. The molecule has 1 radical (unpaired) electrons. The van der Waals surface area contributed by atoms with E-state index in [4.69, 9.17) is 0 Å². The second-order valence-electron chi connectivity index (χ2n) is 17.8. The summed E-state index contributed by atoms with van der Waals surface area (Å²) in [4.78, 5) is 0. The zero-order valence-corrected chi connectivity index (χ0v) is 33.1. The van der Waals surface area contributed by atoms with Gasteiger partial charge in [0.1, 0.15) is 0 Å². The number of fused-ring (bicyclic) bond motifs is 6. The number of hydrogen-bond acceptors (Lipinski definition) is 6. The van der Waals surface area contributed by atoms with Gasteiger partial charge in [-0.1, -0.05) is 62.3 Å². The van der Waals surface area contributed by atoms with Gasteiger partial charge >= 0.3 is 18.5 Å². The molecule has 0 aliphatic heterocycles. The zero-order chi connectivity index (χ0) is 39.7. The van der Waals surface area contributed by atoms with Crippen molar-refractivity contribution in [1.29, 1.82) is 0 Å². The minimum absolute atomic E-state index is 0. The molecule has 6 rings (SSSR count). The Kier molecular flexibility index (Phi) is 11.9. The number of allylic oxidation sites excluding steroid dienone is 3. The van der Waals surface area contributed by atoms with E-state index in [-0.39, 0.29) is 83.8 Å². The molecule has 9 atom stereocenters. The van der Waals surface area contributed by atoms with Gasteiger partial charge in [-0.3, -0.25) is 0 Å². The SMILES string of the molecule is CC1(C)[C@H]2CC[C@@]1(C)C(O)/C2=C(\O)C(F)(F)F.CC1(C)[C@H]2CC[C@@]1(C)C(O)/C2=C(\O)C(F)(F)F.CC1(C)[C@H]2CC[C@@]1(C)C(O)C2=C(O)C(F)(F)F.[Eu]. The normalized spacial score (nSPS) is 42.2. The Hall–Kier alpha value is -0.546. The fourth-order valence-corrected chi connectivity index (χ4v) is 10.7. The van der Waals surface area contributed by atoms with Gasteiger partial charge in [0.15, 0.2) is 17.3 Å². The monoisotopic (exact) mass is 903 g/mol. The third-order valence-corrected chi connectivity index (χ3v) is 15.3. The first-order valence-corrected chi connectivity index (χ1v) is 17.1. The Morgan fingerprint density at radius 1 is 0.442 bits per heavy atom. The van der Waals surface area contributed by atoms with E-state index < -0.39 is 86.6 Å². The molecule has 6 aliphatic carbocycles. The summed E-state index contributed by atoms with van der Waals surface area (Å²) in [7, 11) is 0. The van der Waals surface area contributed by atoms with Crippen molar-refractivity contribution >= 4 is 0 Å². The molecule has 52 heavy (non-hydrogen) atoms. The van der Waals surface area contributed by atoms with E-state index >= 15 is 0 Å². The van der Waals surface area contributed by atoms with Crippen LogP contribution < -0.4 is 0 Å². The third kappa shape index (κ3) is 6.42. The molecule has 6 aliphatic rings. The van der Waals surface area contributed by atoms with Gasteiger partial charge in [-0.05, 0) is 72.5 Å². The van der Waals surface area contributed by atoms with Crippen LogP contribution in [0.15, 0.2) is 34.0 Å². The smallest absolute Gasteiger partial charge is 0.448 e. The minimum atomic E-state index is -4.77. The maximum absolute atomic E-state index is 12.6. The molecule has 0 heterocycles. The van der Waals surface area contributed by atoms with Crippen molar-refractivity contribution in [1.82, 2.24) is 0 Å². The molecular weight excluding hydrogens is 851 g/mol. The summed E-state index contributed by atoms with van der Waals surface area (Å²) in [6, 6.07) is 0. The Labute approximate surface area is 339 Å². The molecule has 16 heteroatoms. The zero-order valence-electron chi connectivity index (χ0n) is 30.7. The fraction of sp³-hybridized carbons (Fsp3) is 0.833. The average molecular weight is 903 g/mol. The van der Waals surface area contributed by atoms with E-state index in [1.807, 2.05) is 41.5 Å². The number of alkyl halides is 9. The Morgan fingerprint density at radius 3 is 0.731 bits per heavy atom. The molecule has 0 aromatic heterocycles. The molecule has 6 nitrogen and oxygen atoms in total. The van der Waals surface area contributed by atoms with Gasteiger partial charge < -0.3 is 30.6 Å². The Bertz CT molecular complexity index is 1330. The van der Waals surface area contributed by atoms with Crippen molar-refractivity contribution in [3.8, 4) is 0 Å². The second-order valence-corrected chi connectivity index (χ2v) is 17.8. The first kappa shape index (κ1) is 45.8. The topological polar surface area (TPSA) is 121 Å². The largest absolute Gasteiger partial charge is 0.504 e. The first-order chi connectivity index (χ1) is 22.6. The van der Waals surface area contributed by atoms with Gasteiger partial charge in [-0.25, -0.2) is 0 Å². The number of halogens is 9. The van der Waals surface area contributed by atoms with Crippen LogP contribution in [0.3, 0.4) is 0 Å². The number of rotatable bonds is 0. The predicted octanol–water partition coefficient (Wildman–Crippen LogP) is 9.53. The molecule has 0 aromatic carbocycles. The van der Waals surface area contributed by atoms with Crippen molar-refractivity contribution in [2.75, 3.05) is 0 Å². The molecule has 3 unspecified atom stereocenters. The summed E-state index contributed by atoms with van der Waals surface area (Å²) in [5.74, 6) is -5.93. The van der Waals surface area contributed by atoms with E-state index in [0.717, 1.165) is 0 Å². The molecule has 301 valence electrons. The summed E-state index contributed by atoms with van der Waals surface area (Å²) in [6.07, 6.45) is -14.0. The van der Waals surface area contributed by atoms with Crippen LogP contribution in [0.25, 0.3) is 0 Å². The van der Waals surface area contributed by atoms with Crippen molar-refractivity contribution in [3.05, 3.63) is 34.0 Å². The van der Waals surface area contributed by atoms with Crippen LogP contribution >= 0.6 is 0 Å². The van der Waals surface area contributed by atoms with Crippen LogP contribution in [-0.4, -0.2) is 67.5 Å². The van der Waals surface area contributed by atoms with Crippen LogP contribution in [0.2, 0.25) is 0 Å². The van der Waals surface area contributed by atoms with Gasteiger partial charge in [0, 0.05) is 82.3 Å². The molecule has 6 fully saturated rings. The molecule has 6 bridgehead atoms. The quantitative estimate of drug-likeness (QED) is 0.107. The Morgan fingerprint density at radius 2 is 0.615 bits per heavy atom. The third-order valence-electron chi connectivity index (χ3n) is 15.3. The van der Waals surface area contributed by atoms with Crippen LogP contribution in [-0.2, 0) is 0 Å². The van der Waals surface area contributed by atoms with Crippen molar-refractivity contribution in [2.24, 2.45) is 50.2 Å². The minimum Gasteiger partial charge on any atom is -0.504 e. The van der Waals surface area contributed by atoms with Crippen LogP contribution in [0, 0.1) is 99.6 Å². The first-order valence-electron chi connectivity index (χ1n) is 17.1. The van der Waals surface area contributed by atoms with Gasteiger partial charge in [0.2, 0.25) is 0 Å². The standard InChI is InChI=1S/3C12H17F3O2.Eu/c3*1-10(2)6-4-5-11(10,3)8(16)7(6)9(17)12(13,14)15;/h3*6,8,16-17H,4-5H2,1-3H3;/b2*9-7-;;/t3*6-,8?,11-;/m000./s1. The molecule has 0 spiro atoms. The van der Waals surface area contributed by atoms with Crippen molar-refractivity contribution < 1.29 is 120 Å². The number of aliphatic hydroxyl groups is 6. The predicted molar refractivity (Wildman–Crippen MR) is 169 cm³/mol. The van der Waals surface area contributed by atoms with Crippen LogP contribution in [0.4, 0.5) is 39.5 Å². The van der Waals surface area contributed by atoms with Gasteiger partial charge in [-0.2, -0.15) is 39.5 Å². The van der Waals surface area contributed by atoms with E-state index in [1.165, 1.54) is 0 Å². The summed E-state index contributed by atoms with van der Waals surface area (Å²) in [5, 5.41) is 58.2. The van der Waals surface area contributed by atoms with Gasteiger partial charge in [0.25, 0.3) is 0 Å². The Balaban J connectivity index is 0.000000208. The molecular formula is C36H51EuF9O6. The van der Waals surface area contributed by atoms with Crippen molar-refractivity contribution in [3.63, 3.8) is 0 Å². The summed E-state index contributed by atoms with van der Waals surface area (Å²) < 4.78 is 113. The summed E-state index contributed by atoms with van der Waals surface area (Å²) in [6.45, 7) is 16.6. The van der Waals surface area contributed by atoms with Crippen molar-refractivity contribution in [2.45, 2.75) is 138 Å². The molecule has 6 saturated carbocycles. The van der Waals surface area contributed by atoms with Crippen LogP contribution in [0.5, 0.6) is 0 Å². The number of hydrogen-bond donors (Lipinski definition) is 6. The van der Waals surface area contributed by atoms with Crippen LogP contribution in [0.1, 0.15) is 101 Å². The molecule has 0 amide bonds. The summed E-state index contributed by atoms with van der Waals surface area (Å²) >= 11 is 0. The average Bonchev–Trinajstić information content (AvgIpc) is 3.59. The summed E-state index contributed by atoms with van der Waals surface area (Å²) in [5.41, 5.74) is -3.61. The molecule has 6 N–H and O–H groups in total. The fourth-order valence-electron chi connectivity index (χ4n) is 10.7. The maximum atomic E-state index is 12.6. The van der Waals surface area contributed by atoms with E-state index in [9.17, 15) is 70.2 Å². The van der Waals surface area contributed by atoms with Gasteiger partial charge in [-0.15, -0.1) is 0 Å². The number of aliphatic hydroxyl groups excluding tert-OH is 6. The van der Waals surface area contributed by atoms with E-state index in [0.29, 0.717) is 38.5 Å². The molecule has 0 saturated heterocycles. The second kappa shape index (κ2) is 13.5. The van der Waals surface area contributed by atoms with Gasteiger partial charge in [0.05, 0.1) is 18.3 Å². The van der Waals surface area contributed by atoms with E-state index in [2.05, 4.69) is 0 Å². The molecule has 0 aromatic rings. The van der Waals surface area contributed by atoms with E-state index in [1.54, 1.807) is 20.8 Å².